The van der Waals surface area contributed by atoms with Crippen LogP contribution in [-0.2, 0) is 29.1 Å². The topological polar surface area (TPSA) is 85.0 Å². The van der Waals surface area contributed by atoms with Crippen molar-refractivity contribution in [3.63, 3.8) is 0 Å². The lowest BCUT2D eigenvalue weighted by molar-refractivity contribution is -0.129. The maximum Gasteiger partial charge on any atom is 0.243 e. The van der Waals surface area contributed by atoms with Crippen LogP contribution in [0, 0.1) is 5.92 Å². The lowest BCUT2D eigenvalue weighted by Crippen LogP contribution is -2.31. The Morgan fingerprint density at radius 3 is 2.72 bits per heavy atom. The number of nitrogens with one attached hydrogen (secondary N) is 1. The summed E-state index contributed by atoms with van der Waals surface area (Å²) in [6.07, 6.45) is 13.2. The van der Waals surface area contributed by atoms with Gasteiger partial charge in [0.1, 0.15) is 12.4 Å². The molecule has 0 aromatic carbocycles. The molecule has 1 N–H and O–H groups in total. The Balaban J connectivity index is 1.36. The van der Waals surface area contributed by atoms with E-state index in [2.05, 4.69) is 15.0 Å². The molecule has 1 aliphatic carbocycles. The van der Waals surface area contributed by atoms with Crippen molar-refractivity contribution in [2.45, 2.75) is 64.0 Å². The molecule has 0 radical (unpaired) electrons. The van der Waals surface area contributed by atoms with E-state index < -0.39 is 0 Å². The number of fused-ring (bicyclic) bond motifs is 1. The highest BCUT2D eigenvalue weighted by Gasteiger charge is 2.29. The average molecular weight is 399 g/mol. The first-order valence-corrected chi connectivity index (χ1v) is 10.6. The van der Waals surface area contributed by atoms with E-state index in [4.69, 9.17) is 4.98 Å². The summed E-state index contributed by atoms with van der Waals surface area (Å²) in [5.41, 5.74) is 1.80. The van der Waals surface area contributed by atoms with Crippen LogP contribution < -0.4 is 5.32 Å². The summed E-state index contributed by atoms with van der Waals surface area (Å²) < 4.78 is 3.90. The minimum Gasteiger partial charge on any atom is -0.347 e. The Morgan fingerprint density at radius 2 is 1.97 bits per heavy atom. The molecule has 1 fully saturated rings. The van der Waals surface area contributed by atoms with E-state index in [-0.39, 0.29) is 24.3 Å². The first kappa shape index (κ1) is 19.7. The van der Waals surface area contributed by atoms with Crippen molar-refractivity contribution in [3.05, 3.63) is 30.1 Å². The number of nitrogens with zero attached hydrogens (tertiary/aromatic N) is 5. The number of carbonyl (C=O) groups is 2. The van der Waals surface area contributed by atoms with Crippen molar-refractivity contribution in [1.29, 1.82) is 0 Å². The van der Waals surface area contributed by atoms with Crippen molar-refractivity contribution < 1.29 is 9.59 Å². The first-order valence-electron chi connectivity index (χ1n) is 10.6. The van der Waals surface area contributed by atoms with Crippen LogP contribution in [0.4, 0.5) is 5.69 Å². The number of anilines is 1. The molecule has 1 saturated carbocycles. The van der Waals surface area contributed by atoms with E-state index in [1.165, 1.54) is 48.5 Å². The Bertz CT molecular complexity index is 878. The summed E-state index contributed by atoms with van der Waals surface area (Å²) in [5.74, 6) is 1.71. The highest BCUT2D eigenvalue weighted by Crippen LogP contribution is 2.34. The summed E-state index contributed by atoms with van der Waals surface area (Å²) in [6, 6.07) is 0. The van der Waals surface area contributed by atoms with Crippen LogP contribution in [0.2, 0.25) is 0 Å². The van der Waals surface area contributed by atoms with E-state index in [0.29, 0.717) is 11.6 Å². The van der Waals surface area contributed by atoms with E-state index in [9.17, 15) is 9.59 Å². The summed E-state index contributed by atoms with van der Waals surface area (Å²) >= 11 is 0. The van der Waals surface area contributed by atoms with Gasteiger partial charge in [-0.15, -0.1) is 0 Å². The van der Waals surface area contributed by atoms with Crippen LogP contribution >= 0.6 is 0 Å². The normalized spacial score (nSPS) is 19.6. The highest BCUT2D eigenvalue weighted by atomic mass is 16.2. The fraction of sp³-hybridized carbons (Fsp3) is 0.619. The highest BCUT2D eigenvalue weighted by molar-refractivity contribution is 5.92. The minimum absolute atomic E-state index is 0.00940. The second kappa shape index (κ2) is 8.39. The molecule has 2 amide bonds. The molecule has 0 saturated heterocycles. The third kappa shape index (κ3) is 4.36. The predicted octanol–water partition coefficient (Wildman–Crippen LogP) is 2.42. The van der Waals surface area contributed by atoms with Crippen LogP contribution in [-0.4, -0.2) is 50.1 Å². The zero-order valence-corrected chi connectivity index (χ0v) is 17.3. The van der Waals surface area contributed by atoms with Gasteiger partial charge in [0.25, 0.3) is 0 Å². The molecule has 1 unspecified atom stereocenters. The van der Waals surface area contributed by atoms with Gasteiger partial charge in [-0.2, -0.15) is 5.10 Å². The zero-order valence-electron chi connectivity index (χ0n) is 17.3. The van der Waals surface area contributed by atoms with E-state index >= 15 is 0 Å². The number of imidazole rings is 1. The number of hydrogen-bond acceptors (Lipinski definition) is 4. The van der Waals surface area contributed by atoms with Crippen molar-refractivity contribution in [2.24, 2.45) is 5.92 Å². The molecule has 8 nitrogen and oxygen atoms in total. The Labute approximate surface area is 171 Å². The predicted molar refractivity (Wildman–Crippen MR) is 109 cm³/mol. The number of carbonyl (C=O) groups excluding carboxylic acids is 2. The van der Waals surface area contributed by atoms with Crippen LogP contribution in [0.15, 0.2) is 18.6 Å². The molecule has 1 aliphatic heterocycles. The number of likely N-dealkylation sites (N-methyl/N-ethyl adjacent to an activating group) is 1. The van der Waals surface area contributed by atoms with Crippen LogP contribution in [0.1, 0.15) is 56.0 Å². The maximum absolute atomic E-state index is 12.8. The number of hydrogen-bond donors (Lipinski definition) is 1. The van der Waals surface area contributed by atoms with Gasteiger partial charge in [0.05, 0.1) is 11.9 Å². The molecule has 3 heterocycles. The van der Waals surface area contributed by atoms with Gasteiger partial charge in [-0.25, -0.2) is 4.98 Å². The molecular formula is C21H30N6O2. The monoisotopic (exact) mass is 398 g/mol. The fourth-order valence-electron chi connectivity index (χ4n) is 4.44. The van der Waals surface area contributed by atoms with Crippen LogP contribution in [0.5, 0.6) is 0 Å². The molecule has 0 spiro atoms. The van der Waals surface area contributed by atoms with Gasteiger partial charge < -0.3 is 14.8 Å². The molecule has 2 aliphatic rings. The number of aromatic nitrogens is 4. The van der Waals surface area contributed by atoms with Crippen molar-refractivity contribution in [3.8, 4) is 0 Å². The van der Waals surface area contributed by atoms with Crippen molar-refractivity contribution in [1.82, 2.24) is 24.2 Å². The van der Waals surface area contributed by atoms with Crippen molar-refractivity contribution >= 4 is 17.5 Å². The molecule has 4 rings (SSSR count). The number of amides is 2. The third-order valence-corrected chi connectivity index (χ3v) is 6.16. The summed E-state index contributed by atoms with van der Waals surface area (Å²) in [5, 5.41) is 7.13. The number of rotatable bonds is 5. The molecule has 0 bridgehead atoms. The summed E-state index contributed by atoms with van der Waals surface area (Å²) in [4.78, 5) is 30.8. The second-order valence-corrected chi connectivity index (χ2v) is 8.49. The smallest absolute Gasteiger partial charge is 0.243 e. The minimum atomic E-state index is -0.0647. The Hall–Kier alpha value is -2.64. The van der Waals surface area contributed by atoms with E-state index in [1.54, 1.807) is 31.2 Å². The fourth-order valence-corrected chi connectivity index (χ4v) is 4.44. The molecular weight excluding hydrogens is 368 g/mol. The molecule has 8 heteroatoms. The summed E-state index contributed by atoms with van der Waals surface area (Å²) in [7, 11) is 3.42. The van der Waals surface area contributed by atoms with Gasteiger partial charge in [0, 0.05) is 57.0 Å². The lowest BCUT2D eigenvalue weighted by Gasteiger charge is -2.27. The Morgan fingerprint density at radius 1 is 1.17 bits per heavy atom. The molecule has 156 valence electrons. The van der Waals surface area contributed by atoms with Gasteiger partial charge in [0.2, 0.25) is 11.8 Å². The average Bonchev–Trinajstić information content (AvgIpc) is 3.34. The van der Waals surface area contributed by atoms with Crippen molar-refractivity contribution in [2.75, 3.05) is 19.4 Å². The molecule has 1 atom stereocenters. The molecule has 29 heavy (non-hydrogen) atoms. The second-order valence-electron chi connectivity index (χ2n) is 8.49. The van der Waals surface area contributed by atoms with Gasteiger partial charge in [-0.1, -0.05) is 19.3 Å². The van der Waals surface area contributed by atoms with E-state index in [0.717, 1.165) is 19.4 Å². The maximum atomic E-state index is 12.8. The molecule has 2 aromatic heterocycles. The van der Waals surface area contributed by atoms with Crippen LogP contribution in [0.3, 0.4) is 0 Å². The van der Waals surface area contributed by atoms with E-state index in [1.807, 2.05) is 6.20 Å². The quantitative estimate of drug-likeness (QED) is 0.838. The largest absolute Gasteiger partial charge is 0.347 e. The third-order valence-electron chi connectivity index (χ3n) is 6.16. The van der Waals surface area contributed by atoms with Gasteiger partial charge in [-0.3, -0.25) is 14.3 Å². The summed E-state index contributed by atoms with van der Waals surface area (Å²) in [6.45, 7) is 1.02. The Kier molecular flexibility index (Phi) is 5.69. The van der Waals surface area contributed by atoms with Gasteiger partial charge in [-0.05, 0) is 19.3 Å². The van der Waals surface area contributed by atoms with Gasteiger partial charge in [0.15, 0.2) is 0 Å². The standard InChI is InChI=1S/C21H30N6O2/c1-25(2)19(28)14-26-13-17(11-23-26)24-21(29)16-8-9-27-18(10-16)12-22-20(27)15-6-4-3-5-7-15/h11-13,15-16H,3-10,14H2,1-2H3,(H,24,29). The SMILES string of the molecule is CN(C)C(=O)Cn1cc(NC(=O)C2CCn3c(cnc3C3CCCCC3)C2)cn1. The molecule has 2 aromatic rings. The lowest BCUT2D eigenvalue weighted by atomic mass is 9.88. The van der Waals surface area contributed by atoms with Crippen LogP contribution in [0.25, 0.3) is 0 Å². The first-order chi connectivity index (χ1) is 14.0. The zero-order chi connectivity index (χ0) is 20.4. The van der Waals surface area contributed by atoms with Gasteiger partial charge >= 0.3 is 0 Å².